The average molecular weight is 337 g/mol. The van der Waals surface area contributed by atoms with Gasteiger partial charge in [-0.2, -0.15) is 0 Å². The lowest BCUT2D eigenvalue weighted by atomic mass is 10.0. The third-order valence-corrected chi connectivity index (χ3v) is 3.82. The normalized spacial score (nSPS) is 10.3. The zero-order valence-corrected chi connectivity index (χ0v) is 18.2. The molecule has 0 aliphatic rings. The minimum absolute atomic E-state index is 0.278. The van der Waals surface area contributed by atoms with E-state index in [1.165, 1.54) is 17.5 Å². The maximum Gasteiger partial charge on any atom is 0.135 e. The molecule has 0 aliphatic heterocycles. The Morgan fingerprint density at radius 2 is 1.46 bits per heavy atom. The number of hydrogen-bond donors (Lipinski definition) is 0. The van der Waals surface area contributed by atoms with E-state index in [0.717, 1.165) is 18.8 Å². The van der Waals surface area contributed by atoms with Gasteiger partial charge in [0.1, 0.15) is 5.78 Å². The number of Topliss-reactive ketones (excluding diaryl/α,β-unsaturated/α-hetero) is 1. The number of carbonyl (C=O) groups excluding carboxylic acids is 1. The summed E-state index contributed by atoms with van der Waals surface area (Å²) in [4.78, 5) is 10.7. The fourth-order valence-electron chi connectivity index (χ4n) is 1.51. The summed E-state index contributed by atoms with van der Waals surface area (Å²) in [5.41, 5.74) is 2.78. The Balaban J connectivity index is -0.000000272. The van der Waals surface area contributed by atoms with Gasteiger partial charge in [0, 0.05) is 12.3 Å². The molecule has 0 aromatic heterocycles. The fraction of sp³-hybridized carbons (Fsp3) is 0.696. The fourth-order valence-corrected chi connectivity index (χ4v) is 1.51. The van der Waals surface area contributed by atoms with Gasteiger partial charge in [-0.25, -0.2) is 0 Å². The molecule has 0 amide bonds. The largest absolute Gasteiger partial charge is 0.299 e. The zero-order valence-electron chi connectivity index (χ0n) is 18.2. The van der Waals surface area contributed by atoms with Crippen molar-refractivity contribution in [3.8, 4) is 0 Å². The van der Waals surface area contributed by atoms with Gasteiger partial charge in [0.15, 0.2) is 0 Å². The molecule has 0 aliphatic carbocycles. The first-order valence-corrected chi connectivity index (χ1v) is 9.90. The van der Waals surface area contributed by atoms with Crippen molar-refractivity contribution in [1.82, 2.24) is 0 Å². The van der Waals surface area contributed by atoms with E-state index in [9.17, 15) is 4.79 Å². The second-order valence-electron chi connectivity index (χ2n) is 6.27. The van der Waals surface area contributed by atoms with Gasteiger partial charge in [-0.05, 0) is 31.2 Å². The summed E-state index contributed by atoms with van der Waals surface area (Å²) in [6, 6.07) is 8.61. The van der Waals surface area contributed by atoms with Crippen LogP contribution in [0.4, 0.5) is 0 Å². The van der Waals surface area contributed by atoms with Gasteiger partial charge in [-0.15, -0.1) is 0 Å². The Hall–Kier alpha value is -1.11. The molecule has 142 valence electrons. The van der Waals surface area contributed by atoms with Crippen LogP contribution in [0, 0.1) is 18.8 Å². The number of rotatable bonds is 5. The van der Waals surface area contributed by atoms with Crippen molar-refractivity contribution in [1.29, 1.82) is 0 Å². The van der Waals surface area contributed by atoms with Crippen molar-refractivity contribution in [3.63, 3.8) is 0 Å². The minimum Gasteiger partial charge on any atom is -0.299 e. The Morgan fingerprint density at radius 3 is 1.67 bits per heavy atom. The number of hydrogen-bond acceptors (Lipinski definition) is 1. The molecule has 1 heteroatoms. The van der Waals surface area contributed by atoms with E-state index >= 15 is 0 Å². The Kier molecular flexibility index (Phi) is 23.0. The average Bonchev–Trinajstić information content (AvgIpc) is 2.62. The van der Waals surface area contributed by atoms with Crippen molar-refractivity contribution in [2.45, 2.75) is 94.9 Å². The van der Waals surface area contributed by atoms with Crippen molar-refractivity contribution in [2.75, 3.05) is 0 Å². The molecule has 0 heterocycles. The van der Waals surface area contributed by atoms with Crippen LogP contribution < -0.4 is 0 Å². The van der Waals surface area contributed by atoms with E-state index in [4.69, 9.17) is 0 Å². The molecule has 1 atom stereocenters. The van der Waals surface area contributed by atoms with E-state index in [1.54, 1.807) is 0 Å². The lowest BCUT2D eigenvalue weighted by Crippen LogP contribution is -2.06. The Morgan fingerprint density at radius 1 is 0.958 bits per heavy atom. The molecule has 0 saturated heterocycles. The molecule has 1 unspecified atom stereocenters. The number of ketones is 1. The lowest BCUT2D eigenvalue weighted by Gasteiger charge is -2.02. The predicted octanol–water partition coefficient (Wildman–Crippen LogP) is 7.65. The molecule has 0 radical (unpaired) electrons. The molecule has 1 nitrogen and oxygen atoms in total. The smallest absolute Gasteiger partial charge is 0.135 e. The monoisotopic (exact) mass is 336 g/mol. The summed E-state index contributed by atoms with van der Waals surface area (Å²) in [6.07, 6.45) is 4.11. The number of aryl methyl sites for hydroxylation is 2. The molecule has 24 heavy (non-hydrogen) atoms. The first-order valence-electron chi connectivity index (χ1n) is 9.90. The highest BCUT2D eigenvalue weighted by molar-refractivity contribution is 5.80. The van der Waals surface area contributed by atoms with Crippen LogP contribution in [0.2, 0.25) is 0 Å². The first kappa shape index (κ1) is 27.7. The van der Waals surface area contributed by atoms with Crippen LogP contribution in [0.3, 0.4) is 0 Å². The summed E-state index contributed by atoms with van der Waals surface area (Å²) in [7, 11) is 0. The van der Waals surface area contributed by atoms with Gasteiger partial charge in [0.2, 0.25) is 0 Å². The molecular weight excluding hydrogens is 292 g/mol. The molecule has 0 N–H and O–H groups in total. The first-order chi connectivity index (χ1) is 11.3. The summed E-state index contributed by atoms with van der Waals surface area (Å²) in [5, 5.41) is 0. The Bertz CT molecular complexity index is 379. The standard InChI is InChI=1S/C9H12.C7H14O.C5H12.C2H6/c1-3-9-6-4-5-8(2)7-9;1-4-6(3)7(8)5-2;1-4-5(2)3;1-2/h4-7H,3H2,1-2H3;6H,4-5H2,1-3H3;5H,4H2,1-3H3;1-2H3. The highest BCUT2D eigenvalue weighted by Gasteiger charge is 2.05. The minimum atomic E-state index is 0.278. The van der Waals surface area contributed by atoms with E-state index < -0.39 is 0 Å². The molecule has 0 saturated carbocycles. The van der Waals surface area contributed by atoms with Gasteiger partial charge in [-0.3, -0.25) is 4.79 Å². The van der Waals surface area contributed by atoms with Crippen LogP contribution >= 0.6 is 0 Å². The van der Waals surface area contributed by atoms with Crippen LogP contribution in [0.25, 0.3) is 0 Å². The van der Waals surface area contributed by atoms with Gasteiger partial charge < -0.3 is 0 Å². The van der Waals surface area contributed by atoms with Crippen LogP contribution in [0.5, 0.6) is 0 Å². The topological polar surface area (TPSA) is 17.1 Å². The van der Waals surface area contributed by atoms with Crippen molar-refractivity contribution < 1.29 is 4.79 Å². The predicted molar refractivity (Wildman–Crippen MR) is 112 cm³/mol. The highest BCUT2D eigenvalue weighted by Crippen LogP contribution is 2.04. The van der Waals surface area contributed by atoms with E-state index in [-0.39, 0.29) is 5.92 Å². The lowest BCUT2D eigenvalue weighted by molar-refractivity contribution is -0.122. The van der Waals surface area contributed by atoms with Gasteiger partial charge in [0.25, 0.3) is 0 Å². The van der Waals surface area contributed by atoms with Crippen molar-refractivity contribution >= 4 is 5.78 Å². The zero-order chi connectivity index (χ0) is 19.5. The molecule has 1 rings (SSSR count). The number of benzene rings is 1. The molecular formula is C23H44O. The molecule has 1 aromatic rings. The summed E-state index contributed by atoms with van der Waals surface area (Å²) in [5.74, 6) is 1.54. The highest BCUT2D eigenvalue weighted by atomic mass is 16.1. The van der Waals surface area contributed by atoms with Gasteiger partial charge >= 0.3 is 0 Å². The quantitative estimate of drug-likeness (QED) is 0.539. The second-order valence-corrected chi connectivity index (χ2v) is 6.27. The Labute approximate surface area is 153 Å². The van der Waals surface area contributed by atoms with Crippen LogP contribution in [0.1, 0.15) is 92.7 Å². The van der Waals surface area contributed by atoms with Crippen LogP contribution in [-0.4, -0.2) is 5.78 Å². The van der Waals surface area contributed by atoms with Crippen molar-refractivity contribution in [2.24, 2.45) is 11.8 Å². The molecule has 0 spiro atoms. The maximum atomic E-state index is 10.7. The third-order valence-electron chi connectivity index (χ3n) is 3.82. The third kappa shape index (κ3) is 18.9. The summed E-state index contributed by atoms with van der Waals surface area (Å²) < 4.78 is 0. The molecule has 0 fully saturated rings. The van der Waals surface area contributed by atoms with Gasteiger partial charge in [0.05, 0.1) is 0 Å². The van der Waals surface area contributed by atoms with Crippen LogP contribution in [0.15, 0.2) is 24.3 Å². The second kappa shape index (κ2) is 19.9. The summed E-state index contributed by atoms with van der Waals surface area (Å²) >= 11 is 0. The van der Waals surface area contributed by atoms with Gasteiger partial charge in [-0.1, -0.05) is 98.6 Å². The van der Waals surface area contributed by atoms with Crippen LogP contribution in [-0.2, 0) is 11.2 Å². The summed E-state index contributed by atoms with van der Waals surface area (Å²) in [6.45, 7) is 20.9. The SMILES string of the molecule is CC.CCC(=O)C(C)CC.CCC(C)C.CCc1cccc(C)c1. The van der Waals surface area contributed by atoms with E-state index in [1.807, 2.05) is 34.6 Å². The molecule has 1 aromatic carbocycles. The number of carbonyl (C=O) groups is 1. The maximum absolute atomic E-state index is 10.7. The van der Waals surface area contributed by atoms with E-state index in [2.05, 4.69) is 58.9 Å². The van der Waals surface area contributed by atoms with Crippen molar-refractivity contribution in [3.05, 3.63) is 35.4 Å². The molecule has 0 bridgehead atoms. The van der Waals surface area contributed by atoms with E-state index in [0.29, 0.717) is 12.2 Å².